The van der Waals surface area contributed by atoms with Crippen molar-refractivity contribution in [2.45, 2.75) is 4.90 Å². The van der Waals surface area contributed by atoms with Crippen LogP contribution in [-0.2, 0) is 19.6 Å². The molecule has 0 fully saturated rings. The van der Waals surface area contributed by atoms with Crippen LogP contribution >= 0.6 is 0 Å². The van der Waals surface area contributed by atoms with E-state index in [1.165, 1.54) is 38.4 Å². The minimum atomic E-state index is -3.54. The number of nitrogens with one attached hydrogen (secondary N) is 3. The Morgan fingerprint density at radius 3 is 2.32 bits per heavy atom. The van der Waals surface area contributed by atoms with E-state index in [-0.39, 0.29) is 22.9 Å². The van der Waals surface area contributed by atoms with Crippen LogP contribution in [0.3, 0.4) is 0 Å². The molecule has 0 aliphatic carbocycles. The van der Waals surface area contributed by atoms with Gasteiger partial charge < -0.3 is 15.4 Å². The minimum absolute atomic E-state index is 0.0591. The fourth-order valence-corrected chi connectivity index (χ4v) is 2.25. The third-order valence-electron chi connectivity index (χ3n) is 2.73. The predicted octanol–water partition coefficient (Wildman–Crippen LogP) is -0.913. The van der Waals surface area contributed by atoms with E-state index in [1.807, 2.05) is 0 Å². The molecule has 0 saturated heterocycles. The Balaban J connectivity index is 2.55. The van der Waals surface area contributed by atoms with Gasteiger partial charge in [0.15, 0.2) is 0 Å². The Morgan fingerprint density at radius 1 is 1.14 bits per heavy atom. The molecule has 9 heteroatoms. The van der Waals surface area contributed by atoms with Gasteiger partial charge >= 0.3 is 0 Å². The zero-order chi connectivity index (χ0) is 16.6. The van der Waals surface area contributed by atoms with Gasteiger partial charge in [-0.1, -0.05) is 0 Å². The second-order valence-electron chi connectivity index (χ2n) is 4.26. The van der Waals surface area contributed by atoms with Crippen molar-refractivity contribution >= 4 is 21.8 Å². The molecule has 0 aromatic heterocycles. The molecule has 0 spiro atoms. The number of methoxy groups -OCH3 is 1. The Kier molecular flexibility index (Phi) is 6.96. The SMILES string of the molecule is CNS(=O)(=O)c1ccc(C(=O)NCC(=O)NCCOC)cc1. The highest BCUT2D eigenvalue weighted by atomic mass is 32.2. The zero-order valence-electron chi connectivity index (χ0n) is 12.4. The predicted molar refractivity (Wildman–Crippen MR) is 79.9 cm³/mol. The van der Waals surface area contributed by atoms with Crippen LogP contribution in [0.2, 0.25) is 0 Å². The number of benzene rings is 1. The molecule has 0 aliphatic heterocycles. The number of ether oxygens (including phenoxy) is 1. The van der Waals surface area contributed by atoms with E-state index in [4.69, 9.17) is 4.74 Å². The van der Waals surface area contributed by atoms with Gasteiger partial charge in [0, 0.05) is 19.2 Å². The maximum atomic E-state index is 11.8. The first kappa shape index (κ1) is 18.1. The van der Waals surface area contributed by atoms with Crippen LogP contribution < -0.4 is 15.4 Å². The number of carbonyl (C=O) groups is 2. The van der Waals surface area contributed by atoms with Crippen molar-refractivity contribution in [3.8, 4) is 0 Å². The lowest BCUT2D eigenvalue weighted by Gasteiger charge is -2.07. The van der Waals surface area contributed by atoms with E-state index in [9.17, 15) is 18.0 Å². The van der Waals surface area contributed by atoms with Crippen molar-refractivity contribution < 1.29 is 22.7 Å². The maximum Gasteiger partial charge on any atom is 0.251 e. The third-order valence-corrected chi connectivity index (χ3v) is 4.16. The molecule has 122 valence electrons. The van der Waals surface area contributed by atoms with Crippen LogP contribution in [-0.4, -0.2) is 54.1 Å². The van der Waals surface area contributed by atoms with Gasteiger partial charge in [-0.3, -0.25) is 9.59 Å². The van der Waals surface area contributed by atoms with Crippen molar-refractivity contribution in [1.82, 2.24) is 15.4 Å². The number of amides is 2. The summed E-state index contributed by atoms with van der Waals surface area (Å²) in [6.07, 6.45) is 0. The molecule has 0 atom stereocenters. The quantitative estimate of drug-likeness (QED) is 0.534. The summed E-state index contributed by atoms with van der Waals surface area (Å²) in [5.74, 6) is -0.796. The van der Waals surface area contributed by atoms with Crippen LogP contribution in [0, 0.1) is 0 Å². The first-order valence-corrected chi connectivity index (χ1v) is 7.96. The summed E-state index contributed by atoms with van der Waals surface area (Å²) in [6.45, 7) is 0.585. The van der Waals surface area contributed by atoms with Gasteiger partial charge in [0.25, 0.3) is 5.91 Å². The molecule has 3 N–H and O–H groups in total. The standard InChI is InChI=1S/C13H19N3O5S/c1-14-22(19,20)11-5-3-10(4-6-11)13(18)16-9-12(17)15-7-8-21-2/h3-6,14H,7-9H2,1-2H3,(H,15,17)(H,16,18). The highest BCUT2D eigenvalue weighted by molar-refractivity contribution is 7.89. The van der Waals surface area contributed by atoms with Gasteiger partial charge in [0.2, 0.25) is 15.9 Å². The molecule has 1 aromatic rings. The summed E-state index contributed by atoms with van der Waals surface area (Å²) in [4.78, 5) is 23.3. The monoisotopic (exact) mass is 329 g/mol. The first-order valence-electron chi connectivity index (χ1n) is 6.48. The van der Waals surface area contributed by atoms with Crippen LogP contribution in [0.4, 0.5) is 0 Å². The van der Waals surface area contributed by atoms with Gasteiger partial charge in [0.1, 0.15) is 0 Å². The Bertz CT molecular complexity index is 613. The Hall–Kier alpha value is -1.97. The molecule has 22 heavy (non-hydrogen) atoms. The molecule has 0 saturated carbocycles. The normalized spacial score (nSPS) is 11.0. The molecule has 2 amide bonds. The topological polar surface area (TPSA) is 114 Å². The highest BCUT2D eigenvalue weighted by Crippen LogP contribution is 2.09. The number of hydrogen-bond donors (Lipinski definition) is 3. The lowest BCUT2D eigenvalue weighted by Crippen LogP contribution is -2.38. The van der Waals surface area contributed by atoms with E-state index >= 15 is 0 Å². The van der Waals surface area contributed by atoms with E-state index in [2.05, 4.69) is 15.4 Å². The van der Waals surface area contributed by atoms with Crippen molar-refractivity contribution in [1.29, 1.82) is 0 Å². The van der Waals surface area contributed by atoms with Crippen LogP contribution in [0.5, 0.6) is 0 Å². The summed E-state index contributed by atoms with van der Waals surface area (Å²) in [5.41, 5.74) is 0.264. The van der Waals surface area contributed by atoms with Crippen LogP contribution in [0.25, 0.3) is 0 Å². The Morgan fingerprint density at radius 2 is 1.77 bits per heavy atom. The second kappa shape index (κ2) is 8.47. The summed E-state index contributed by atoms with van der Waals surface area (Å²) in [5, 5.41) is 5.00. The minimum Gasteiger partial charge on any atom is -0.383 e. The fraction of sp³-hybridized carbons (Fsp3) is 0.385. The van der Waals surface area contributed by atoms with Gasteiger partial charge in [-0.2, -0.15) is 0 Å². The first-order chi connectivity index (χ1) is 10.4. The summed E-state index contributed by atoms with van der Waals surface area (Å²) < 4.78 is 30.1. The summed E-state index contributed by atoms with van der Waals surface area (Å²) >= 11 is 0. The fourth-order valence-electron chi connectivity index (χ4n) is 1.52. The average molecular weight is 329 g/mol. The Labute approximate surface area is 129 Å². The van der Waals surface area contributed by atoms with E-state index in [1.54, 1.807) is 0 Å². The smallest absolute Gasteiger partial charge is 0.251 e. The molecule has 0 radical (unpaired) electrons. The molecular weight excluding hydrogens is 310 g/mol. The van der Waals surface area contributed by atoms with Gasteiger partial charge in [-0.05, 0) is 31.3 Å². The summed E-state index contributed by atoms with van der Waals surface area (Å²) in [7, 11) is -0.713. The van der Waals surface area contributed by atoms with Gasteiger partial charge in [-0.15, -0.1) is 0 Å². The maximum absolute atomic E-state index is 11.8. The number of sulfonamides is 1. The van der Waals surface area contributed by atoms with E-state index < -0.39 is 15.9 Å². The number of rotatable bonds is 8. The molecular formula is C13H19N3O5S. The van der Waals surface area contributed by atoms with Crippen molar-refractivity contribution in [3.05, 3.63) is 29.8 Å². The molecule has 0 bridgehead atoms. The molecule has 0 heterocycles. The average Bonchev–Trinajstić information content (AvgIpc) is 2.53. The van der Waals surface area contributed by atoms with Crippen LogP contribution in [0.1, 0.15) is 10.4 Å². The molecule has 0 aliphatic rings. The van der Waals surface area contributed by atoms with Crippen molar-refractivity contribution in [2.24, 2.45) is 0 Å². The molecule has 0 unspecified atom stereocenters. The van der Waals surface area contributed by atoms with Crippen LogP contribution in [0.15, 0.2) is 29.2 Å². The molecule has 1 rings (SSSR count). The van der Waals surface area contributed by atoms with Gasteiger partial charge in [0.05, 0.1) is 18.0 Å². The van der Waals surface area contributed by atoms with Crippen molar-refractivity contribution in [2.75, 3.05) is 33.9 Å². The molecule has 1 aromatic carbocycles. The lowest BCUT2D eigenvalue weighted by molar-refractivity contribution is -0.120. The largest absolute Gasteiger partial charge is 0.383 e. The summed E-state index contributed by atoms with van der Waals surface area (Å²) in [6, 6.07) is 5.39. The van der Waals surface area contributed by atoms with E-state index in [0.717, 1.165) is 0 Å². The second-order valence-corrected chi connectivity index (χ2v) is 6.14. The highest BCUT2D eigenvalue weighted by Gasteiger charge is 2.13. The van der Waals surface area contributed by atoms with Gasteiger partial charge in [-0.25, -0.2) is 13.1 Å². The third kappa shape index (κ3) is 5.43. The van der Waals surface area contributed by atoms with E-state index in [0.29, 0.717) is 13.2 Å². The molecule has 8 nitrogen and oxygen atoms in total. The zero-order valence-corrected chi connectivity index (χ0v) is 13.2. The number of hydrogen-bond acceptors (Lipinski definition) is 5. The number of carbonyl (C=O) groups excluding carboxylic acids is 2. The van der Waals surface area contributed by atoms with Crippen molar-refractivity contribution in [3.63, 3.8) is 0 Å². The lowest BCUT2D eigenvalue weighted by atomic mass is 10.2.